The minimum Gasteiger partial charge on any atom is -0.267 e. The number of fused-ring (bicyclic) bond motifs is 1. The second-order valence-electron chi connectivity index (χ2n) is 4.31. The van der Waals surface area contributed by atoms with E-state index in [1.165, 1.54) is 0 Å². The van der Waals surface area contributed by atoms with Crippen LogP contribution in [0.15, 0.2) is 29.4 Å². The fourth-order valence-corrected chi connectivity index (χ4v) is 1.94. The summed E-state index contributed by atoms with van der Waals surface area (Å²) in [5.41, 5.74) is 0.869. The highest BCUT2D eigenvalue weighted by molar-refractivity contribution is 6.21. The van der Waals surface area contributed by atoms with Crippen LogP contribution < -0.4 is 0 Å². The number of hydrogen-bond donors (Lipinski definition) is 0. The van der Waals surface area contributed by atoms with Crippen LogP contribution in [0.4, 0.5) is 0 Å². The lowest BCUT2D eigenvalue weighted by Gasteiger charge is -2.09. The molecule has 1 aromatic carbocycles. The zero-order valence-electron chi connectivity index (χ0n) is 10.6. The first-order chi connectivity index (χ1) is 8.69. The van der Waals surface area contributed by atoms with E-state index in [0.717, 1.165) is 17.9 Å². The molecule has 0 aromatic heterocycles. The first-order valence-corrected chi connectivity index (χ1v) is 6.21. The Kier molecular flexibility index (Phi) is 3.55. The van der Waals surface area contributed by atoms with Gasteiger partial charge in [0, 0.05) is 6.21 Å². The van der Waals surface area contributed by atoms with E-state index in [2.05, 4.69) is 18.9 Å². The Labute approximate surface area is 106 Å². The molecule has 0 aliphatic carbocycles. The Morgan fingerprint density at radius 3 is 2.06 bits per heavy atom. The zero-order chi connectivity index (χ0) is 13.1. The number of benzene rings is 1. The van der Waals surface area contributed by atoms with Crippen molar-refractivity contribution in [3.05, 3.63) is 35.4 Å². The van der Waals surface area contributed by atoms with E-state index < -0.39 is 0 Å². The number of nitrogens with zero attached hydrogens (tertiary/aromatic N) is 2. The van der Waals surface area contributed by atoms with Gasteiger partial charge in [0.05, 0.1) is 11.1 Å². The quantitative estimate of drug-likeness (QED) is 0.604. The molecular formula is C14H16N2O2. The summed E-state index contributed by atoms with van der Waals surface area (Å²) >= 11 is 0. The first kappa shape index (κ1) is 12.5. The molecule has 0 saturated carbocycles. The van der Waals surface area contributed by atoms with Crippen molar-refractivity contribution < 1.29 is 9.59 Å². The van der Waals surface area contributed by atoms with Crippen LogP contribution in [0.25, 0.3) is 0 Å². The third-order valence-corrected chi connectivity index (χ3v) is 3.21. The van der Waals surface area contributed by atoms with Crippen LogP contribution in [0, 0.1) is 5.92 Å². The van der Waals surface area contributed by atoms with Gasteiger partial charge >= 0.3 is 0 Å². The molecule has 0 fully saturated rings. The molecule has 0 saturated heterocycles. The molecule has 1 aliphatic rings. The summed E-state index contributed by atoms with van der Waals surface area (Å²) in [4.78, 5) is 24.0. The van der Waals surface area contributed by atoms with Crippen molar-refractivity contribution in [2.24, 2.45) is 11.0 Å². The van der Waals surface area contributed by atoms with E-state index in [4.69, 9.17) is 0 Å². The van der Waals surface area contributed by atoms with Crippen LogP contribution >= 0.6 is 0 Å². The van der Waals surface area contributed by atoms with E-state index >= 15 is 0 Å². The number of carbonyl (C=O) groups excluding carboxylic acids is 2. The third-order valence-electron chi connectivity index (χ3n) is 3.21. The number of rotatable bonds is 4. The third kappa shape index (κ3) is 2.06. The molecule has 0 spiro atoms. The van der Waals surface area contributed by atoms with E-state index in [1.807, 2.05) is 0 Å². The maximum absolute atomic E-state index is 12.0. The summed E-state index contributed by atoms with van der Waals surface area (Å²) < 4.78 is 0. The number of imide groups is 1. The highest BCUT2D eigenvalue weighted by Crippen LogP contribution is 2.22. The summed E-state index contributed by atoms with van der Waals surface area (Å²) in [6.45, 7) is 4.12. The van der Waals surface area contributed by atoms with Gasteiger partial charge in [0.25, 0.3) is 11.8 Å². The maximum Gasteiger partial charge on any atom is 0.282 e. The number of amides is 2. The van der Waals surface area contributed by atoms with Gasteiger partial charge in [0.1, 0.15) is 0 Å². The van der Waals surface area contributed by atoms with Crippen LogP contribution in [0.5, 0.6) is 0 Å². The molecule has 0 radical (unpaired) electrons. The predicted octanol–water partition coefficient (Wildman–Crippen LogP) is 2.70. The summed E-state index contributed by atoms with van der Waals surface area (Å²) in [6.07, 6.45) is 3.59. The molecule has 0 N–H and O–H groups in total. The van der Waals surface area contributed by atoms with E-state index in [1.54, 1.807) is 30.5 Å². The van der Waals surface area contributed by atoms with Crippen LogP contribution in [0.3, 0.4) is 0 Å². The summed E-state index contributed by atoms with van der Waals surface area (Å²) in [5.74, 6) is -0.370. The molecule has 2 rings (SSSR count). The van der Waals surface area contributed by atoms with Gasteiger partial charge in [0.2, 0.25) is 0 Å². The van der Waals surface area contributed by atoms with Gasteiger partial charge in [-0.1, -0.05) is 26.0 Å². The monoisotopic (exact) mass is 244 g/mol. The molecule has 18 heavy (non-hydrogen) atoms. The van der Waals surface area contributed by atoms with Gasteiger partial charge in [-0.05, 0) is 30.9 Å². The Morgan fingerprint density at radius 1 is 1.11 bits per heavy atom. The average molecular weight is 244 g/mol. The van der Waals surface area contributed by atoms with Gasteiger partial charge in [-0.15, -0.1) is 0 Å². The lowest BCUT2D eigenvalue weighted by Crippen LogP contribution is -2.24. The van der Waals surface area contributed by atoms with Crippen LogP contribution in [-0.4, -0.2) is 23.0 Å². The fourth-order valence-electron chi connectivity index (χ4n) is 1.94. The number of carbonyl (C=O) groups is 2. The lowest BCUT2D eigenvalue weighted by molar-refractivity contribution is 0.0659. The molecule has 4 heteroatoms. The Morgan fingerprint density at radius 2 is 1.61 bits per heavy atom. The van der Waals surface area contributed by atoms with Crippen molar-refractivity contribution in [1.29, 1.82) is 0 Å². The number of hydrogen-bond acceptors (Lipinski definition) is 3. The molecule has 2 amide bonds. The average Bonchev–Trinajstić information content (AvgIpc) is 2.65. The zero-order valence-corrected chi connectivity index (χ0v) is 10.6. The largest absolute Gasteiger partial charge is 0.282 e. The summed E-state index contributed by atoms with van der Waals surface area (Å²) in [7, 11) is 0. The van der Waals surface area contributed by atoms with Crippen LogP contribution in [-0.2, 0) is 0 Å². The summed E-state index contributed by atoms with van der Waals surface area (Å²) in [5, 5.41) is 5.01. The van der Waals surface area contributed by atoms with Crippen LogP contribution in [0.2, 0.25) is 0 Å². The second-order valence-corrected chi connectivity index (χ2v) is 4.31. The molecule has 0 unspecified atom stereocenters. The molecule has 1 aromatic rings. The van der Waals surface area contributed by atoms with Gasteiger partial charge in [0.15, 0.2) is 0 Å². The topological polar surface area (TPSA) is 49.7 Å². The minimum absolute atomic E-state index is 0.300. The Hall–Kier alpha value is -1.97. The molecule has 4 nitrogen and oxygen atoms in total. The highest BCUT2D eigenvalue weighted by atomic mass is 16.2. The Bertz CT molecular complexity index is 469. The standard InChI is InChI=1S/C14H16N2O2/c1-3-10(4-2)9-15-16-13(17)11-7-5-6-8-12(11)14(16)18/h5-10H,3-4H2,1-2H3/b15-9-. The van der Waals surface area contributed by atoms with Crippen LogP contribution in [0.1, 0.15) is 47.4 Å². The van der Waals surface area contributed by atoms with Crippen molar-refractivity contribution in [3.63, 3.8) is 0 Å². The minimum atomic E-state index is -0.335. The molecule has 94 valence electrons. The van der Waals surface area contributed by atoms with Gasteiger partial charge < -0.3 is 0 Å². The van der Waals surface area contributed by atoms with E-state index in [9.17, 15) is 9.59 Å². The lowest BCUT2D eigenvalue weighted by atomic mass is 10.1. The fraction of sp³-hybridized carbons (Fsp3) is 0.357. The molecule has 1 aliphatic heterocycles. The molecule has 0 bridgehead atoms. The SMILES string of the molecule is CCC(/C=N\N1C(=O)c2ccccc2C1=O)CC. The first-order valence-electron chi connectivity index (χ1n) is 6.21. The molecular weight excluding hydrogens is 228 g/mol. The van der Waals surface area contributed by atoms with Crippen molar-refractivity contribution in [1.82, 2.24) is 5.01 Å². The van der Waals surface area contributed by atoms with Crippen molar-refractivity contribution in [2.45, 2.75) is 26.7 Å². The van der Waals surface area contributed by atoms with Crippen molar-refractivity contribution >= 4 is 18.0 Å². The van der Waals surface area contributed by atoms with E-state index in [0.29, 0.717) is 17.0 Å². The second kappa shape index (κ2) is 5.12. The van der Waals surface area contributed by atoms with Gasteiger partial charge in [-0.2, -0.15) is 10.1 Å². The summed E-state index contributed by atoms with van der Waals surface area (Å²) in [6, 6.07) is 6.81. The van der Waals surface area contributed by atoms with Gasteiger partial charge in [-0.3, -0.25) is 9.59 Å². The Balaban J connectivity index is 2.24. The highest BCUT2D eigenvalue weighted by Gasteiger charge is 2.35. The van der Waals surface area contributed by atoms with Gasteiger partial charge in [-0.25, -0.2) is 0 Å². The number of hydrazone groups is 1. The maximum atomic E-state index is 12.0. The normalized spacial score (nSPS) is 14.9. The predicted molar refractivity (Wildman–Crippen MR) is 69.5 cm³/mol. The van der Waals surface area contributed by atoms with Crippen molar-refractivity contribution in [2.75, 3.05) is 0 Å². The molecule has 0 atom stereocenters. The molecule has 1 heterocycles. The smallest absolute Gasteiger partial charge is 0.267 e. The van der Waals surface area contributed by atoms with E-state index in [-0.39, 0.29) is 11.8 Å². The van der Waals surface area contributed by atoms with Crippen molar-refractivity contribution in [3.8, 4) is 0 Å².